The Labute approximate surface area is 113 Å². The highest BCUT2D eigenvalue weighted by molar-refractivity contribution is 5.96. The molecule has 3 nitrogen and oxygen atoms in total. The summed E-state index contributed by atoms with van der Waals surface area (Å²) in [5.41, 5.74) is 3.65. The number of benzene rings is 1. The molecule has 1 aromatic rings. The average Bonchev–Trinajstić information content (AvgIpc) is 3.22. The molecule has 0 saturated heterocycles. The van der Waals surface area contributed by atoms with E-state index in [-0.39, 0.29) is 5.91 Å². The number of aryl methyl sites for hydroxylation is 1. The van der Waals surface area contributed by atoms with Crippen LogP contribution in [0.5, 0.6) is 5.75 Å². The highest BCUT2D eigenvalue weighted by Gasteiger charge is 2.23. The van der Waals surface area contributed by atoms with Gasteiger partial charge in [-0.15, -0.1) is 0 Å². The van der Waals surface area contributed by atoms with E-state index in [1.54, 1.807) is 13.2 Å². The molecule has 0 unspecified atom stereocenters. The molecule has 2 aliphatic carbocycles. The van der Waals surface area contributed by atoms with Crippen molar-refractivity contribution in [2.45, 2.75) is 38.1 Å². The first-order valence-electron chi connectivity index (χ1n) is 6.94. The molecule has 0 spiro atoms. The number of allylic oxidation sites excluding steroid dienone is 1. The van der Waals surface area contributed by atoms with Gasteiger partial charge in [-0.2, -0.15) is 0 Å². The number of carbonyl (C=O) groups is 1. The summed E-state index contributed by atoms with van der Waals surface area (Å²) >= 11 is 0. The summed E-state index contributed by atoms with van der Waals surface area (Å²) in [6.07, 6.45) is 7.18. The van der Waals surface area contributed by atoms with Gasteiger partial charge in [-0.25, -0.2) is 0 Å². The maximum Gasteiger partial charge on any atom is 0.244 e. The molecule has 1 aromatic carbocycles. The number of hydrogen-bond donors (Lipinski definition) is 1. The fourth-order valence-corrected chi connectivity index (χ4v) is 2.60. The van der Waals surface area contributed by atoms with Gasteiger partial charge in [0.1, 0.15) is 5.75 Å². The Morgan fingerprint density at radius 3 is 2.95 bits per heavy atom. The Morgan fingerprint density at radius 2 is 2.21 bits per heavy atom. The van der Waals surface area contributed by atoms with Crippen molar-refractivity contribution in [3.8, 4) is 5.75 Å². The molecular weight excluding hydrogens is 238 g/mol. The topological polar surface area (TPSA) is 38.3 Å². The van der Waals surface area contributed by atoms with Crippen molar-refractivity contribution in [3.05, 3.63) is 35.4 Å². The molecule has 0 atom stereocenters. The van der Waals surface area contributed by atoms with E-state index >= 15 is 0 Å². The van der Waals surface area contributed by atoms with Crippen molar-refractivity contribution in [2.24, 2.45) is 0 Å². The molecule has 0 aliphatic heterocycles. The molecule has 0 bridgehead atoms. The molecule has 1 amide bonds. The van der Waals surface area contributed by atoms with E-state index < -0.39 is 0 Å². The fraction of sp³-hybridized carbons (Fsp3) is 0.438. The highest BCUT2D eigenvalue weighted by atomic mass is 16.5. The predicted octanol–water partition coefficient (Wildman–Crippen LogP) is 2.69. The van der Waals surface area contributed by atoms with Crippen LogP contribution < -0.4 is 10.1 Å². The molecule has 0 aromatic heterocycles. The number of carbonyl (C=O) groups excluding carboxylic acids is 1. The first-order chi connectivity index (χ1) is 9.26. The number of hydrogen-bond acceptors (Lipinski definition) is 2. The summed E-state index contributed by atoms with van der Waals surface area (Å²) in [5, 5.41) is 3.01. The third-order valence-corrected chi connectivity index (χ3v) is 3.78. The third kappa shape index (κ3) is 2.80. The largest absolute Gasteiger partial charge is 0.497 e. The van der Waals surface area contributed by atoms with Crippen LogP contribution in [0.15, 0.2) is 24.3 Å². The Bertz CT molecular complexity index is 530. The van der Waals surface area contributed by atoms with Crippen molar-refractivity contribution in [2.75, 3.05) is 7.11 Å². The van der Waals surface area contributed by atoms with Crippen molar-refractivity contribution in [3.63, 3.8) is 0 Å². The lowest BCUT2D eigenvalue weighted by Gasteiger charge is -2.19. The van der Waals surface area contributed by atoms with Crippen LogP contribution >= 0.6 is 0 Å². The molecule has 0 radical (unpaired) electrons. The minimum Gasteiger partial charge on any atom is -0.497 e. The van der Waals surface area contributed by atoms with Gasteiger partial charge < -0.3 is 10.1 Å². The van der Waals surface area contributed by atoms with Gasteiger partial charge in [0.05, 0.1) is 7.11 Å². The van der Waals surface area contributed by atoms with E-state index in [4.69, 9.17) is 4.74 Å². The van der Waals surface area contributed by atoms with E-state index in [0.717, 1.165) is 43.4 Å². The zero-order valence-electron chi connectivity index (χ0n) is 11.2. The van der Waals surface area contributed by atoms with Crippen LogP contribution in [0.3, 0.4) is 0 Å². The fourth-order valence-electron chi connectivity index (χ4n) is 2.60. The molecule has 3 rings (SSSR count). The standard InChI is InChI=1S/C16H19NO2/c1-19-14-7-8-15-11(9-14)3-2-4-12(15)10-16(18)17-13-5-6-13/h7-10,13H,2-6H2,1H3,(H,17,18)/b12-10-. The van der Waals surface area contributed by atoms with Crippen molar-refractivity contribution >= 4 is 11.5 Å². The second-order valence-corrected chi connectivity index (χ2v) is 5.33. The smallest absolute Gasteiger partial charge is 0.244 e. The summed E-state index contributed by atoms with van der Waals surface area (Å²) in [6.45, 7) is 0. The molecule has 3 heteroatoms. The van der Waals surface area contributed by atoms with Gasteiger partial charge in [0.2, 0.25) is 5.91 Å². The van der Waals surface area contributed by atoms with Gasteiger partial charge in [0.25, 0.3) is 0 Å². The molecule has 19 heavy (non-hydrogen) atoms. The van der Waals surface area contributed by atoms with Crippen LogP contribution in [-0.4, -0.2) is 19.1 Å². The second kappa shape index (κ2) is 5.08. The van der Waals surface area contributed by atoms with E-state index in [1.165, 1.54) is 11.1 Å². The van der Waals surface area contributed by atoms with Crippen molar-refractivity contribution in [1.29, 1.82) is 0 Å². The third-order valence-electron chi connectivity index (χ3n) is 3.78. The normalized spacial score (nSPS) is 19.9. The number of ether oxygens (including phenoxy) is 1. The predicted molar refractivity (Wildman–Crippen MR) is 75.1 cm³/mol. The van der Waals surface area contributed by atoms with Crippen LogP contribution in [0.1, 0.15) is 36.8 Å². The van der Waals surface area contributed by atoms with E-state index in [0.29, 0.717) is 6.04 Å². The van der Waals surface area contributed by atoms with Crippen molar-refractivity contribution in [1.82, 2.24) is 5.32 Å². The van der Waals surface area contributed by atoms with E-state index in [1.807, 2.05) is 6.07 Å². The second-order valence-electron chi connectivity index (χ2n) is 5.33. The molecular formula is C16H19NO2. The lowest BCUT2D eigenvalue weighted by molar-refractivity contribution is -0.116. The molecule has 1 fully saturated rings. The minimum absolute atomic E-state index is 0.0566. The zero-order chi connectivity index (χ0) is 13.2. The van der Waals surface area contributed by atoms with Crippen LogP contribution in [0.2, 0.25) is 0 Å². The van der Waals surface area contributed by atoms with Gasteiger partial charge in [0.15, 0.2) is 0 Å². The van der Waals surface area contributed by atoms with Gasteiger partial charge in [-0.3, -0.25) is 4.79 Å². The summed E-state index contributed by atoms with van der Waals surface area (Å²) in [6, 6.07) is 6.55. The summed E-state index contributed by atoms with van der Waals surface area (Å²) < 4.78 is 5.26. The van der Waals surface area contributed by atoms with Gasteiger partial charge in [-0.1, -0.05) is 6.07 Å². The van der Waals surface area contributed by atoms with Gasteiger partial charge >= 0.3 is 0 Å². The molecule has 2 aliphatic rings. The molecule has 100 valence electrons. The lowest BCUT2D eigenvalue weighted by atomic mass is 9.87. The maximum atomic E-state index is 11.9. The number of nitrogens with one attached hydrogen (secondary N) is 1. The van der Waals surface area contributed by atoms with Crippen molar-refractivity contribution < 1.29 is 9.53 Å². The molecule has 1 saturated carbocycles. The van der Waals surface area contributed by atoms with E-state index in [9.17, 15) is 4.79 Å². The Balaban J connectivity index is 1.84. The SMILES string of the molecule is COc1ccc2c(c1)CCC/C2=C/C(=O)NC1CC1. The summed E-state index contributed by atoms with van der Waals surface area (Å²) in [4.78, 5) is 11.9. The number of rotatable bonds is 3. The molecule has 0 heterocycles. The Kier molecular flexibility index (Phi) is 3.28. The van der Waals surface area contributed by atoms with Crippen LogP contribution in [0.4, 0.5) is 0 Å². The Hall–Kier alpha value is -1.77. The molecule has 1 N–H and O–H groups in total. The van der Waals surface area contributed by atoms with Gasteiger partial charge in [0, 0.05) is 12.1 Å². The van der Waals surface area contributed by atoms with E-state index in [2.05, 4.69) is 17.4 Å². The quantitative estimate of drug-likeness (QED) is 0.845. The van der Waals surface area contributed by atoms with Crippen LogP contribution in [-0.2, 0) is 11.2 Å². The lowest BCUT2D eigenvalue weighted by Crippen LogP contribution is -2.23. The van der Waals surface area contributed by atoms with Crippen LogP contribution in [0, 0.1) is 0 Å². The van der Waals surface area contributed by atoms with Gasteiger partial charge in [-0.05, 0) is 60.9 Å². The minimum atomic E-state index is 0.0566. The average molecular weight is 257 g/mol. The number of methoxy groups -OCH3 is 1. The summed E-state index contributed by atoms with van der Waals surface area (Å²) in [7, 11) is 1.68. The highest BCUT2D eigenvalue weighted by Crippen LogP contribution is 2.33. The summed E-state index contributed by atoms with van der Waals surface area (Å²) in [5.74, 6) is 0.948. The number of fused-ring (bicyclic) bond motifs is 1. The van der Waals surface area contributed by atoms with Crippen LogP contribution in [0.25, 0.3) is 5.57 Å². The maximum absolute atomic E-state index is 11.9. The number of amides is 1. The Morgan fingerprint density at radius 1 is 1.37 bits per heavy atom. The monoisotopic (exact) mass is 257 g/mol. The first-order valence-corrected chi connectivity index (χ1v) is 6.94. The first kappa shape index (κ1) is 12.3. The zero-order valence-corrected chi connectivity index (χ0v) is 11.2.